The van der Waals surface area contributed by atoms with Crippen LogP contribution in [-0.2, 0) is 17.6 Å². The minimum Gasteiger partial charge on any atom is -0.426 e. The number of hydrogen-bond acceptors (Lipinski definition) is 4. The molecule has 1 aromatic rings. The zero-order valence-electron chi connectivity index (χ0n) is 12.0. The Morgan fingerprint density at radius 2 is 1.90 bits per heavy atom. The third kappa shape index (κ3) is 2.71. The zero-order valence-corrected chi connectivity index (χ0v) is 12.0. The highest BCUT2D eigenvalue weighted by Gasteiger charge is 2.41. The summed E-state index contributed by atoms with van der Waals surface area (Å²) in [6.07, 6.45) is 3.07. The van der Waals surface area contributed by atoms with Crippen molar-refractivity contribution in [2.24, 2.45) is 11.7 Å². The van der Waals surface area contributed by atoms with Gasteiger partial charge in [-0.2, -0.15) is 0 Å². The van der Waals surface area contributed by atoms with Crippen LogP contribution in [0.1, 0.15) is 24.0 Å². The largest absolute Gasteiger partial charge is 0.475 e. The second kappa shape index (κ2) is 5.79. The van der Waals surface area contributed by atoms with E-state index >= 15 is 0 Å². The average molecular weight is 288 g/mol. The molecule has 1 heterocycles. The van der Waals surface area contributed by atoms with Gasteiger partial charge in [0.15, 0.2) is 0 Å². The summed E-state index contributed by atoms with van der Waals surface area (Å²) in [5.41, 5.74) is 8.73. The highest BCUT2D eigenvalue weighted by molar-refractivity contribution is 6.43. The molecule has 5 nitrogen and oxygen atoms in total. The van der Waals surface area contributed by atoms with Crippen LogP contribution in [0.25, 0.3) is 0 Å². The van der Waals surface area contributed by atoms with Crippen LogP contribution in [0.4, 0.5) is 0 Å². The monoisotopic (exact) mass is 288 g/mol. The van der Waals surface area contributed by atoms with Crippen molar-refractivity contribution < 1.29 is 14.8 Å². The Balaban J connectivity index is 1.69. The van der Waals surface area contributed by atoms with Gasteiger partial charge in [0.05, 0.1) is 12.0 Å². The van der Waals surface area contributed by atoms with Crippen molar-refractivity contribution >= 4 is 13.0 Å². The molecule has 112 valence electrons. The van der Waals surface area contributed by atoms with Crippen molar-refractivity contribution in [3.05, 3.63) is 35.4 Å². The van der Waals surface area contributed by atoms with Crippen LogP contribution in [0.15, 0.2) is 24.3 Å². The third-order valence-corrected chi connectivity index (χ3v) is 4.80. The molecule has 2 atom stereocenters. The number of nitrogens with zero attached hydrogens (tertiary/aromatic N) is 1. The van der Waals surface area contributed by atoms with Crippen molar-refractivity contribution in [3.8, 4) is 0 Å². The molecule has 1 fully saturated rings. The average Bonchev–Trinajstić information content (AvgIpc) is 3.11. The number of carbonyl (C=O) groups is 1. The maximum atomic E-state index is 12.6. The fourth-order valence-electron chi connectivity index (χ4n) is 3.62. The molecule has 6 heteroatoms. The minimum absolute atomic E-state index is 0.104. The standard InChI is InChI=1S/C15H21BN2O3/c17-14(12-8-10-4-1-2-5-11(10)9-12)15(19)18-7-3-6-13(18)16(20)21/h1-2,4-5,12-14,20-21H,3,6-9,17H2. The van der Waals surface area contributed by atoms with Crippen molar-refractivity contribution in [1.29, 1.82) is 0 Å². The van der Waals surface area contributed by atoms with Crippen LogP contribution < -0.4 is 5.73 Å². The quantitative estimate of drug-likeness (QED) is 0.668. The van der Waals surface area contributed by atoms with Crippen molar-refractivity contribution in [3.63, 3.8) is 0 Å². The van der Waals surface area contributed by atoms with Gasteiger partial charge in [0, 0.05) is 6.54 Å². The molecule has 2 aliphatic rings. The van der Waals surface area contributed by atoms with E-state index in [1.54, 1.807) is 4.90 Å². The molecule has 0 aromatic heterocycles. The predicted molar refractivity (Wildman–Crippen MR) is 80.2 cm³/mol. The van der Waals surface area contributed by atoms with Gasteiger partial charge in [-0.3, -0.25) is 4.79 Å². The lowest BCUT2D eigenvalue weighted by molar-refractivity contribution is -0.133. The molecule has 0 radical (unpaired) electrons. The minimum atomic E-state index is -1.48. The molecule has 1 aliphatic carbocycles. The Morgan fingerprint density at radius 1 is 1.29 bits per heavy atom. The molecule has 4 N–H and O–H groups in total. The summed E-state index contributed by atoms with van der Waals surface area (Å²) >= 11 is 0. The number of benzene rings is 1. The summed E-state index contributed by atoms with van der Waals surface area (Å²) in [5.74, 6) is -0.553. The Hall–Kier alpha value is -1.37. The van der Waals surface area contributed by atoms with Crippen molar-refractivity contribution in [2.45, 2.75) is 37.7 Å². The summed E-state index contributed by atoms with van der Waals surface area (Å²) in [6, 6.07) is 7.61. The first kappa shape index (κ1) is 14.6. The highest BCUT2D eigenvalue weighted by Crippen LogP contribution is 2.29. The number of rotatable bonds is 3. The van der Waals surface area contributed by atoms with Gasteiger partial charge in [0.1, 0.15) is 0 Å². The first-order valence-corrected chi connectivity index (χ1v) is 7.57. The Kier molecular flexibility index (Phi) is 4.02. The normalized spacial score (nSPS) is 23.2. The molecule has 1 amide bonds. The lowest BCUT2D eigenvalue weighted by atomic mass is 9.77. The van der Waals surface area contributed by atoms with E-state index in [4.69, 9.17) is 5.73 Å². The Morgan fingerprint density at radius 3 is 2.48 bits per heavy atom. The van der Waals surface area contributed by atoms with Gasteiger partial charge in [0.2, 0.25) is 5.91 Å². The molecule has 0 spiro atoms. The molecule has 0 bridgehead atoms. The third-order valence-electron chi connectivity index (χ3n) is 4.80. The molecule has 1 aromatic carbocycles. The van der Waals surface area contributed by atoms with Crippen LogP contribution in [0.2, 0.25) is 0 Å². The van der Waals surface area contributed by atoms with Crippen LogP contribution in [0.5, 0.6) is 0 Å². The predicted octanol–water partition coefficient (Wildman–Crippen LogP) is -0.268. The van der Waals surface area contributed by atoms with Crippen LogP contribution in [-0.4, -0.2) is 46.5 Å². The van der Waals surface area contributed by atoms with Crippen LogP contribution in [0.3, 0.4) is 0 Å². The van der Waals surface area contributed by atoms with Crippen LogP contribution in [0, 0.1) is 5.92 Å². The number of hydrogen-bond donors (Lipinski definition) is 3. The van der Waals surface area contributed by atoms with E-state index in [9.17, 15) is 14.8 Å². The van der Waals surface area contributed by atoms with E-state index in [1.807, 2.05) is 12.1 Å². The first-order valence-electron chi connectivity index (χ1n) is 7.57. The fraction of sp³-hybridized carbons (Fsp3) is 0.533. The van der Waals surface area contributed by atoms with Gasteiger partial charge in [-0.1, -0.05) is 24.3 Å². The van der Waals surface area contributed by atoms with Crippen molar-refractivity contribution in [2.75, 3.05) is 6.54 Å². The highest BCUT2D eigenvalue weighted by atomic mass is 16.4. The van der Waals surface area contributed by atoms with Gasteiger partial charge in [-0.15, -0.1) is 0 Å². The topological polar surface area (TPSA) is 86.8 Å². The zero-order chi connectivity index (χ0) is 15.0. The van der Waals surface area contributed by atoms with Crippen LogP contribution >= 0.6 is 0 Å². The van der Waals surface area contributed by atoms with E-state index < -0.39 is 19.1 Å². The van der Waals surface area contributed by atoms with E-state index in [0.717, 1.165) is 19.3 Å². The number of nitrogens with two attached hydrogens (primary N) is 1. The van der Waals surface area contributed by atoms with Gasteiger partial charge in [0.25, 0.3) is 0 Å². The summed E-state index contributed by atoms with van der Waals surface area (Å²) < 4.78 is 0. The summed E-state index contributed by atoms with van der Waals surface area (Å²) in [4.78, 5) is 14.1. The van der Waals surface area contributed by atoms with E-state index in [0.29, 0.717) is 13.0 Å². The van der Waals surface area contributed by atoms with Crippen molar-refractivity contribution in [1.82, 2.24) is 4.90 Å². The van der Waals surface area contributed by atoms with E-state index in [1.165, 1.54) is 11.1 Å². The Bertz CT molecular complexity index is 512. The molecule has 1 aliphatic heterocycles. The molecular weight excluding hydrogens is 267 g/mol. The molecule has 2 unspecified atom stereocenters. The summed E-state index contributed by atoms with van der Waals surface area (Å²) in [6.45, 7) is 0.564. The smallest absolute Gasteiger partial charge is 0.426 e. The molecule has 21 heavy (non-hydrogen) atoms. The summed E-state index contributed by atoms with van der Waals surface area (Å²) in [7, 11) is -1.48. The first-order chi connectivity index (χ1) is 10.1. The van der Waals surface area contributed by atoms with Gasteiger partial charge in [-0.05, 0) is 42.7 Å². The summed E-state index contributed by atoms with van der Waals surface area (Å²) in [5, 5.41) is 18.8. The number of carbonyl (C=O) groups excluding carboxylic acids is 1. The SMILES string of the molecule is NC(C(=O)N1CCCC1B(O)O)C1Cc2ccccc2C1. The lowest BCUT2D eigenvalue weighted by Gasteiger charge is -2.29. The Labute approximate surface area is 124 Å². The lowest BCUT2D eigenvalue weighted by Crippen LogP contribution is -2.53. The second-order valence-corrected chi connectivity index (χ2v) is 6.12. The molecular formula is C15H21BN2O3. The van der Waals surface area contributed by atoms with Gasteiger partial charge >= 0.3 is 7.12 Å². The molecule has 0 saturated carbocycles. The fourth-order valence-corrected chi connectivity index (χ4v) is 3.62. The van der Waals surface area contributed by atoms with E-state index in [-0.39, 0.29) is 11.8 Å². The maximum absolute atomic E-state index is 12.6. The molecule has 3 rings (SSSR count). The second-order valence-electron chi connectivity index (χ2n) is 6.12. The maximum Gasteiger partial charge on any atom is 0.475 e. The number of fused-ring (bicyclic) bond motifs is 1. The van der Waals surface area contributed by atoms with Gasteiger partial charge in [-0.25, -0.2) is 0 Å². The van der Waals surface area contributed by atoms with E-state index in [2.05, 4.69) is 12.1 Å². The van der Waals surface area contributed by atoms with Gasteiger partial charge < -0.3 is 20.7 Å². The molecule has 1 saturated heterocycles. The number of likely N-dealkylation sites (tertiary alicyclic amines) is 1. The number of amides is 1.